The summed E-state index contributed by atoms with van der Waals surface area (Å²) in [5, 5.41) is 9.88. The maximum absolute atomic E-state index is 13.1. The van der Waals surface area contributed by atoms with Gasteiger partial charge < -0.3 is 29.0 Å². The SMILES string of the molecule is CN(C(=O)c1cc2cc(OC3CCN(c4ccc(C(F)(F)F)cc4)CC3)ccc2o1)C1CCN(C(=O)O)CC1. The number of furan rings is 1. The molecule has 39 heavy (non-hydrogen) atoms. The minimum Gasteiger partial charge on any atom is -0.490 e. The van der Waals surface area contributed by atoms with Gasteiger partial charge >= 0.3 is 12.3 Å². The molecule has 2 aromatic carbocycles. The summed E-state index contributed by atoms with van der Waals surface area (Å²) in [4.78, 5) is 29.2. The largest absolute Gasteiger partial charge is 0.490 e. The average molecular weight is 546 g/mol. The number of hydrogen-bond acceptors (Lipinski definition) is 5. The fourth-order valence-electron chi connectivity index (χ4n) is 5.27. The molecule has 2 amide bonds. The van der Waals surface area contributed by atoms with Crippen molar-refractivity contribution < 1.29 is 37.0 Å². The van der Waals surface area contributed by atoms with Crippen molar-refractivity contribution in [1.29, 1.82) is 0 Å². The number of rotatable bonds is 5. The van der Waals surface area contributed by atoms with Gasteiger partial charge in [-0.05, 0) is 61.4 Å². The number of carbonyl (C=O) groups excluding carboxylic acids is 1. The predicted octanol–water partition coefficient (Wildman–Crippen LogP) is 5.71. The summed E-state index contributed by atoms with van der Waals surface area (Å²) < 4.78 is 50.5. The zero-order valence-corrected chi connectivity index (χ0v) is 21.5. The Bertz CT molecular complexity index is 1320. The Morgan fingerprint density at radius 1 is 0.974 bits per heavy atom. The van der Waals surface area contributed by atoms with Crippen LogP contribution in [0.2, 0.25) is 0 Å². The Hall–Kier alpha value is -3.89. The van der Waals surface area contributed by atoms with E-state index in [4.69, 9.17) is 14.3 Å². The summed E-state index contributed by atoms with van der Waals surface area (Å²) in [6.45, 7) is 2.12. The summed E-state index contributed by atoms with van der Waals surface area (Å²) >= 11 is 0. The standard InChI is InChI=1S/C28H30F3N3O5/c1-32(20-8-12-34(13-9-20)27(36)37)26(35)25-17-18-16-23(6-7-24(18)39-25)38-22-10-14-33(15-11-22)21-4-2-19(3-5-21)28(29,30)31/h2-7,16-17,20,22H,8-15H2,1H3,(H,36,37). The zero-order valence-electron chi connectivity index (χ0n) is 21.5. The number of piperidine rings is 2. The highest BCUT2D eigenvalue weighted by molar-refractivity contribution is 5.96. The van der Waals surface area contributed by atoms with Crippen LogP contribution in [-0.2, 0) is 6.18 Å². The number of ether oxygens (including phenoxy) is 1. The van der Waals surface area contributed by atoms with Crippen LogP contribution in [0.5, 0.6) is 5.75 Å². The number of halogens is 3. The van der Waals surface area contributed by atoms with Crippen molar-refractivity contribution in [1.82, 2.24) is 9.80 Å². The maximum atomic E-state index is 13.1. The van der Waals surface area contributed by atoms with E-state index in [1.807, 2.05) is 6.07 Å². The van der Waals surface area contributed by atoms with Gasteiger partial charge in [-0.15, -0.1) is 0 Å². The fraction of sp³-hybridized carbons (Fsp3) is 0.429. The molecule has 2 aliphatic heterocycles. The van der Waals surface area contributed by atoms with Crippen molar-refractivity contribution in [3.05, 3.63) is 59.9 Å². The average Bonchev–Trinajstić information content (AvgIpc) is 3.36. The third-order valence-electron chi connectivity index (χ3n) is 7.61. The van der Waals surface area contributed by atoms with Gasteiger partial charge in [0, 0.05) is 63.2 Å². The Kier molecular flexibility index (Phi) is 7.33. The number of nitrogens with zero attached hydrogens (tertiary/aromatic N) is 3. The second-order valence-electron chi connectivity index (χ2n) is 10.1. The molecular weight excluding hydrogens is 515 g/mol. The summed E-state index contributed by atoms with van der Waals surface area (Å²) in [6, 6.07) is 12.3. The van der Waals surface area contributed by atoms with Gasteiger partial charge in [-0.3, -0.25) is 4.79 Å². The van der Waals surface area contributed by atoms with E-state index in [-0.39, 0.29) is 23.8 Å². The van der Waals surface area contributed by atoms with Crippen molar-refractivity contribution >= 4 is 28.7 Å². The van der Waals surface area contributed by atoms with Crippen LogP contribution in [0.3, 0.4) is 0 Å². The van der Waals surface area contributed by atoms with Gasteiger partial charge in [0.05, 0.1) is 5.56 Å². The second kappa shape index (κ2) is 10.7. The second-order valence-corrected chi connectivity index (χ2v) is 10.1. The van der Waals surface area contributed by atoms with E-state index in [1.54, 1.807) is 30.1 Å². The molecule has 0 spiro atoms. The highest BCUT2D eigenvalue weighted by Crippen LogP contribution is 2.32. The zero-order chi connectivity index (χ0) is 27.7. The van der Waals surface area contributed by atoms with Crippen LogP contribution in [-0.4, -0.2) is 72.3 Å². The van der Waals surface area contributed by atoms with E-state index in [9.17, 15) is 22.8 Å². The van der Waals surface area contributed by atoms with Crippen molar-refractivity contribution in [2.75, 3.05) is 38.1 Å². The van der Waals surface area contributed by atoms with Gasteiger partial charge in [0.25, 0.3) is 5.91 Å². The number of carbonyl (C=O) groups is 2. The Morgan fingerprint density at radius 3 is 2.26 bits per heavy atom. The monoisotopic (exact) mass is 545 g/mol. The van der Waals surface area contributed by atoms with Gasteiger partial charge in [-0.2, -0.15) is 13.2 Å². The van der Waals surface area contributed by atoms with Crippen LogP contribution in [0, 0.1) is 0 Å². The minimum absolute atomic E-state index is 0.0380. The first-order valence-corrected chi connectivity index (χ1v) is 13.0. The van der Waals surface area contributed by atoms with E-state index in [2.05, 4.69) is 4.90 Å². The molecule has 0 bridgehead atoms. The smallest absolute Gasteiger partial charge is 0.416 e. The molecule has 0 aliphatic carbocycles. The molecule has 1 aromatic heterocycles. The van der Waals surface area contributed by atoms with Crippen LogP contribution in [0.4, 0.5) is 23.7 Å². The lowest BCUT2D eigenvalue weighted by Crippen LogP contribution is -2.46. The quantitative estimate of drug-likeness (QED) is 0.442. The van der Waals surface area contributed by atoms with Crippen LogP contribution >= 0.6 is 0 Å². The van der Waals surface area contributed by atoms with Gasteiger partial charge in [0.1, 0.15) is 17.4 Å². The first-order valence-electron chi connectivity index (χ1n) is 13.0. The minimum atomic E-state index is -4.35. The van der Waals surface area contributed by atoms with Crippen molar-refractivity contribution in [3.63, 3.8) is 0 Å². The van der Waals surface area contributed by atoms with Crippen molar-refractivity contribution in [3.8, 4) is 5.75 Å². The summed E-state index contributed by atoms with van der Waals surface area (Å²) in [5.41, 5.74) is 0.671. The lowest BCUT2D eigenvalue weighted by molar-refractivity contribution is -0.137. The number of likely N-dealkylation sites (tertiary alicyclic amines) is 1. The molecule has 2 fully saturated rings. The molecule has 0 radical (unpaired) electrons. The van der Waals surface area contributed by atoms with Gasteiger partial charge in [0.2, 0.25) is 0 Å². The maximum Gasteiger partial charge on any atom is 0.416 e. The molecule has 0 saturated carbocycles. The molecule has 0 atom stereocenters. The van der Waals surface area contributed by atoms with Crippen LogP contribution < -0.4 is 9.64 Å². The van der Waals surface area contributed by atoms with Crippen LogP contribution in [0.25, 0.3) is 11.0 Å². The molecule has 5 rings (SSSR count). The van der Waals surface area contributed by atoms with Gasteiger partial charge in [0.15, 0.2) is 5.76 Å². The highest BCUT2D eigenvalue weighted by atomic mass is 19.4. The number of hydrogen-bond donors (Lipinski definition) is 1. The molecular formula is C28H30F3N3O5. The molecule has 11 heteroatoms. The van der Waals surface area contributed by atoms with Crippen LogP contribution in [0.15, 0.2) is 52.9 Å². The third-order valence-corrected chi connectivity index (χ3v) is 7.61. The van der Waals surface area contributed by atoms with Crippen molar-refractivity contribution in [2.45, 2.75) is 44.0 Å². The van der Waals surface area contributed by atoms with E-state index in [1.165, 1.54) is 17.0 Å². The lowest BCUT2D eigenvalue weighted by atomic mass is 10.0. The van der Waals surface area contributed by atoms with Crippen LogP contribution in [0.1, 0.15) is 41.8 Å². The van der Waals surface area contributed by atoms with Crippen molar-refractivity contribution in [2.24, 2.45) is 0 Å². The number of carboxylic acid groups (broad SMARTS) is 1. The normalized spacial score (nSPS) is 17.4. The number of benzene rings is 2. The predicted molar refractivity (Wildman–Crippen MR) is 138 cm³/mol. The van der Waals surface area contributed by atoms with E-state index < -0.39 is 17.8 Å². The van der Waals surface area contributed by atoms with E-state index in [0.29, 0.717) is 50.4 Å². The highest BCUT2D eigenvalue weighted by Gasteiger charge is 2.31. The molecule has 2 aliphatic rings. The number of anilines is 1. The van der Waals surface area contributed by atoms with E-state index in [0.717, 1.165) is 36.0 Å². The molecule has 1 N–H and O–H groups in total. The lowest BCUT2D eigenvalue weighted by Gasteiger charge is -2.35. The number of alkyl halides is 3. The molecule has 2 saturated heterocycles. The molecule has 0 unspecified atom stereocenters. The summed E-state index contributed by atoms with van der Waals surface area (Å²) in [7, 11) is 1.71. The first kappa shape index (κ1) is 26.7. The topological polar surface area (TPSA) is 86.5 Å². The van der Waals surface area contributed by atoms with Gasteiger partial charge in [-0.1, -0.05) is 0 Å². The first-order chi connectivity index (χ1) is 18.6. The summed E-state index contributed by atoms with van der Waals surface area (Å²) in [6.07, 6.45) is -2.74. The van der Waals surface area contributed by atoms with E-state index >= 15 is 0 Å². The fourth-order valence-corrected chi connectivity index (χ4v) is 5.27. The molecule has 8 nitrogen and oxygen atoms in total. The Morgan fingerprint density at radius 2 is 1.64 bits per heavy atom. The van der Waals surface area contributed by atoms with Gasteiger partial charge in [-0.25, -0.2) is 4.79 Å². The number of amides is 2. The summed E-state index contributed by atoms with van der Waals surface area (Å²) in [5.74, 6) is 0.623. The Labute approximate surface area is 223 Å². The molecule has 3 heterocycles. The Balaban J connectivity index is 1.17. The molecule has 3 aromatic rings. The third kappa shape index (κ3) is 5.91. The molecule has 208 valence electrons. The number of fused-ring (bicyclic) bond motifs is 1.